The number of hydrogen-bond donors (Lipinski definition) is 0. The molecule has 0 heterocycles. The first-order chi connectivity index (χ1) is 6.13. The number of carbonyl (C=O) groups excluding carboxylic acids is 2. The van der Waals surface area contributed by atoms with E-state index in [0.717, 1.165) is 6.61 Å². The van der Waals surface area contributed by atoms with Gasteiger partial charge in [-0.25, -0.2) is 0 Å². The van der Waals surface area contributed by atoms with Crippen LogP contribution in [0, 0.1) is 0 Å². The molecule has 0 amide bonds. The normalized spacial score (nSPS) is 10.8. The van der Waals surface area contributed by atoms with Gasteiger partial charge in [-0.2, -0.15) is 0 Å². The van der Waals surface area contributed by atoms with Crippen LogP contribution in [0.4, 0.5) is 0 Å². The smallest absolute Gasteiger partial charge is 0.327 e. The molecule has 0 N–H and O–H groups in total. The van der Waals surface area contributed by atoms with Crippen molar-refractivity contribution < 1.29 is 19.1 Å². The molecule has 0 aromatic heterocycles. The van der Waals surface area contributed by atoms with Crippen LogP contribution in [-0.4, -0.2) is 37.4 Å². The molecule has 0 fully saturated rings. The molecule has 0 radical (unpaired) electrons. The lowest BCUT2D eigenvalue weighted by molar-refractivity contribution is -0.143. The third-order valence-electron chi connectivity index (χ3n) is 0.920. The lowest BCUT2D eigenvalue weighted by Crippen LogP contribution is -2.18. The third kappa shape index (κ3) is 11.6. The van der Waals surface area contributed by atoms with E-state index in [1.807, 2.05) is 6.92 Å². The average molecular weight is 255 g/mol. The molecule has 0 spiro atoms. The zero-order valence-corrected chi connectivity index (χ0v) is 9.67. The Morgan fingerprint density at radius 1 is 1.46 bits per heavy atom. The van der Waals surface area contributed by atoms with Crippen molar-refractivity contribution in [2.75, 3.05) is 20.3 Å². The van der Waals surface area contributed by atoms with Crippen molar-refractivity contribution in [1.29, 1.82) is 0 Å². The van der Waals surface area contributed by atoms with E-state index in [9.17, 15) is 9.59 Å². The van der Waals surface area contributed by atoms with E-state index in [-0.39, 0.29) is 0 Å². The van der Waals surface area contributed by atoms with Crippen LogP contribution in [0.5, 0.6) is 0 Å². The first kappa shape index (κ1) is 15.1. The summed E-state index contributed by atoms with van der Waals surface area (Å²) in [6.45, 7) is 4.76. The first-order valence-electron chi connectivity index (χ1n) is 3.88. The van der Waals surface area contributed by atoms with Gasteiger partial charge in [-0.15, -0.1) is 0 Å². The second-order valence-electron chi connectivity index (χ2n) is 1.87. The quantitative estimate of drug-likeness (QED) is 0.327. The maximum absolute atomic E-state index is 10.5. The van der Waals surface area contributed by atoms with Gasteiger partial charge in [-0.3, -0.25) is 4.79 Å². The van der Waals surface area contributed by atoms with Gasteiger partial charge < -0.3 is 14.3 Å². The molecule has 13 heavy (non-hydrogen) atoms. The molecule has 0 aliphatic carbocycles. The van der Waals surface area contributed by atoms with Gasteiger partial charge in [0.15, 0.2) is 4.83 Å². The van der Waals surface area contributed by atoms with Gasteiger partial charge in [0, 0.05) is 13.7 Å². The highest BCUT2D eigenvalue weighted by Crippen LogP contribution is 1.97. The number of ether oxygens (including phenoxy) is 2. The van der Waals surface area contributed by atoms with E-state index in [1.165, 1.54) is 0 Å². The highest BCUT2D eigenvalue weighted by molar-refractivity contribution is 9.10. The second kappa shape index (κ2) is 11.6. The number of rotatable bonds is 4. The van der Waals surface area contributed by atoms with Crippen LogP contribution < -0.4 is 0 Å². The van der Waals surface area contributed by atoms with Crippen LogP contribution in [0.3, 0.4) is 0 Å². The maximum atomic E-state index is 10.5. The monoisotopic (exact) mass is 254 g/mol. The van der Waals surface area contributed by atoms with Crippen LogP contribution >= 0.6 is 15.9 Å². The molecule has 0 aromatic rings. The van der Waals surface area contributed by atoms with Crippen molar-refractivity contribution in [2.45, 2.75) is 18.7 Å². The Balaban J connectivity index is 0. The molecule has 0 aromatic carbocycles. The fourth-order valence-electron chi connectivity index (χ4n) is 0.277. The van der Waals surface area contributed by atoms with Crippen molar-refractivity contribution >= 4 is 28.2 Å². The van der Waals surface area contributed by atoms with Gasteiger partial charge >= 0.3 is 5.97 Å². The van der Waals surface area contributed by atoms with Crippen molar-refractivity contribution in [2.24, 2.45) is 0 Å². The molecule has 5 heteroatoms. The molecule has 0 saturated carbocycles. The summed E-state index contributed by atoms with van der Waals surface area (Å²) in [5.41, 5.74) is 0. The number of carbonyl (C=O) groups is 2. The minimum atomic E-state index is -0.808. The molecule has 0 bridgehead atoms. The van der Waals surface area contributed by atoms with Crippen LogP contribution in [-0.2, 0) is 19.1 Å². The summed E-state index contributed by atoms with van der Waals surface area (Å²) in [5, 5.41) is 0. The summed E-state index contributed by atoms with van der Waals surface area (Å²) < 4.78 is 9.02. The summed E-state index contributed by atoms with van der Waals surface area (Å²) in [5.74, 6) is -0.535. The maximum Gasteiger partial charge on any atom is 0.327 e. The summed E-state index contributed by atoms with van der Waals surface area (Å²) in [6.07, 6.45) is 0.484. The van der Waals surface area contributed by atoms with E-state index in [0.29, 0.717) is 12.9 Å². The Kier molecular flexibility index (Phi) is 13.4. The molecule has 4 nitrogen and oxygen atoms in total. The predicted octanol–water partition coefficient (Wildman–Crippen LogP) is 1.16. The van der Waals surface area contributed by atoms with E-state index in [1.54, 1.807) is 14.0 Å². The fourth-order valence-corrected chi connectivity index (χ4v) is 0.410. The summed E-state index contributed by atoms with van der Waals surface area (Å²) in [4.78, 5) is 19.5. The molecule has 0 aliphatic heterocycles. The molecule has 0 aliphatic rings. The molecular formula is C8H15BrO4. The minimum absolute atomic E-state index is 0.300. The predicted molar refractivity (Wildman–Crippen MR) is 53.0 cm³/mol. The van der Waals surface area contributed by atoms with E-state index in [4.69, 9.17) is 0 Å². The van der Waals surface area contributed by atoms with Gasteiger partial charge in [0.25, 0.3) is 0 Å². The molecule has 78 valence electrons. The van der Waals surface area contributed by atoms with Crippen molar-refractivity contribution in [3.63, 3.8) is 0 Å². The minimum Gasteiger partial charge on any atom is -0.465 e. The van der Waals surface area contributed by atoms with Crippen molar-refractivity contribution in [1.82, 2.24) is 0 Å². The van der Waals surface area contributed by atoms with Crippen LogP contribution in [0.15, 0.2) is 0 Å². The Bertz CT molecular complexity index is 136. The summed E-state index contributed by atoms with van der Waals surface area (Å²) in [7, 11) is 1.68. The zero-order chi connectivity index (χ0) is 10.7. The van der Waals surface area contributed by atoms with E-state index >= 15 is 0 Å². The Morgan fingerprint density at radius 2 is 1.92 bits per heavy atom. The molecular weight excluding hydrogens is 240 g/mol. The highest BCUT2D eigenvalue weighted by atomic mass is 79.9. The number of methoxy groups -OCH3 is 1. The molecule has 1 unspecified atom stereocenters. The van der Waals surface area contributed by atoms with Gasteiger partial charge in [-0.1, -0.05) is 15.9 Å². The molecule has 1 atom stereocenters. The zero-order valence-electron chi connectivity index (χ0n) is 8.08. The number of alkyl halides is 1. The molecule has 0 saturated heterocycles. The third-order valence-corrected chi connectivity index (χ3v) is 1.51. The van der Waals surface area contributed by atoms with Crippen LogP contribution in [0.25, 0.3) is 0 Å². The Morgan fingerprint density at radius 3 is 2.15 bits per heavy atom. The number of esters is 1. The SMILES string of the molecule is CCOC.CCOC(=O)C(Br)C=O. The number of halogens is 1. The van der Waals surface area contributed by atoms with Crippen LogP contribution in [0.1, 0.15) is 13.8 Å². The average Bonchev–Trinajstić information content (AvgIpc) is 2.17. The lowest BCUT2D eigenvalue weighted by Gasteiger charge is -1.99. The van der Waals surface area contributed by atoms with Crippen molar-refractivity contribution in [3.05, 3.63) is 0 Å². The first-order valence-corrected chi connectivity index (χ1v) is 4.80. The summed E-state index contributed by atoms with van der Waals surface area (Å²) >= 11 is 2.80. The van der Waals surface area contributed by atoms with E-state index in [2.05, 4.69) is 25.4 Å². The van der Waals surface area contributed by atoms with Crippen LogP contribution in [0.2, 0.25) is 0 Å². The second-order valence-corrected chi connectivity index (χ2v) is 2.85. The summed E-state index contributed by atoms with van der Waals surface area (Å²) in [6, 6.07) is 0. The lowest BCUT2D eigenvalue weighted by atomic mass is 10.5. The largest absolute Gasteiger partial charge is 0.465 e. The van der Waals surface area contributed by atoms with Crippen molar-refractivity contribution in [3.8, 4) is 0 Å². The van der Waals surface area contributed by atoms with E-state index < -0.39 is 10.8 Å². The number of aldehydes is 1. The number of hydrogen-bond acceptors (Lipinski definition) is 4. The van der Waals surface area contributed by atoms with Gasteiger partial charge in [-0.05, 0) is 13.8 Å². The Hall–Kier alpha value is -0.420. The van der Waals surface area contributed by atoms with Gasteiger partial charge in [0.2, 0.25) is 0 Å². The highest BCUT2D eigenvalue weighted by Gasteiger charge is 2.13. The fraction of sp³-hybridized carbons (Fsp3) is 0.750. The van der Waals surface area contributed by atoms with Gasteiger partial charge in [0.1, 0.15) is 6.29 Å². The topological polar surface area (TPSA) is 52.6 Å². The molecule has 0 rings (SSSR count). The standard InChI is InChI=1S/C5H7BrO3.C3H8O/c1-2-9-5(8)4(6)3-7;1-3-4-2/h3-4H,2H2,1H3;3H2,1-2H3. The Labute approximate surface area is 86.7 Å². The van der Waals surface area contributed by atoms with Gasteiger partial charge in [0.05, 0.1) is 6.61 Å².